The molecule has 1 atom stereocenters. The Bertz CT molecular complexity index is 1110. The first kappa shape index (κ1) is 34.3. The molecule has 0 spiro atoms. The third-order valence-electron chi connectivity index (χ3n) is 6.67. The van der Waals surface area contributed by atoms with Crippen LogP contribution in [0.2, 0.25) is 0 Å². The number of aromatic hydroxyl groups is 2. The van der Waals surface area contributed by atoms with Gasteiger partial charge in [-0.1, -0.05) is 26.0 Å². The normalized spacial score (nSPS) is 12.0. The zero-order chi connectivity index (χ0) is 28.4. The maximum absolute atomic E-state index is 12.0. The average Bonchev–Trinajstić information content (AvgIpc) is 2.88. The molecule has 216 valence electrons. The molecule has 2 aromatic carbocycles. The summed E-state index contributed by atoms with van der Waals surface area (Å²) in [6, 6.07) is 4.86. The zero-order valence-corrected chi connectivity index (χ0v) is 23.3. The minimum Gasteiger partial charge on any atom is -0.508 e. The number of aliphatic hydroxyl groups is 3. The summed E-state index contributed by atoms with van der Waals surface area (Å²) in [6.07, 6.45) is 1.01. The van der Waals surface area contributed by atoms with Crippen LogP contribution in [0.3, 0.4) is 0 Å². The number of hydrogen-bond donors (Lipinski definition) is 7. The Morgan fingerprint density at radius 3 is 2.03 bits per heavy atom. The van der Waals surface area contributed by atoms with E-state index in [1.54, 1.807) is 17.0 Å². The second-order valence-electron chi connectivity index (χ2n) is 9.09. The van der Waals surface area contributed by atoms with Crippen molar-refractivity contribution in [3.63, 3.8) is 0 Å². The fourth-order valence-corrected chi connectivity index (χ4v) is 4.66. The molecule has 0 aliphatic heterocycles. The van der Waals surface area contributed by atoms with Crippen LogP contribution in [0.25, 0.3) is 0 Å². The number of nitrogens with zero attached hydrogens (tertiary/aromatic N) is 2. The van der Waals surface area contributed by atoms with Gasteiger partial charge in [0.1, 0.15) is 17.5 Å². The minimum atomic E-state index is -1.33. The molecule has 0 aliphatic rings. The summed E-state index contributed by atoms with van der Waals surface area (Å²) in [5, 5.41) is 69.4. The largest absolute Gasteiger partial charge is 2.00 e. The molecule has 0 amide bonds. The van der Waals surface area contributed by atoms with Crippen molar-refractivity contribution in [2.75, 3.05) is 26.2 Å². The molecule has 0 heterocycles. The quantitative estimate of drug-likeness (QED) is 0.139. The maximum atomic E-state index is 12.0. The predicted octanol–water partition coefficient (Wildman–Crippen LogP) is 1.04. The van der Waals surface area contributed by atoms with E-state index in [1.165, 1.54) is 17.0 Å². The number of carboxylic acids is 2. The van der Waals surface area contributed by atoms with Crippen LogP contribution in [0.1, 0.15) is 47.2 Å². The Labute approximate surface area is 238 Å². The first-order valence-corrected chi connectivity index (χ1v) is 12.5. The number of phenolic OH excluding ortho intramolecular Hbond substituents is 2. The molecule has 7 N–H and O–H groups in total. The molecule has 0 saturated heterocycles. The second kappa shape index (κ2) is 16.4. The number of phenols is 2. The van der Waals surface area contributed by atoms with Gasteiger partial charge in [0.15, 0.2) is 0 Å². The van der Waals surface area contributed by atoms with Gasteiger partial charge in [-0.3, -0.25) is 19.4 Å². The third-order valence-corrected chi connectivity index (χ3v) is 6.67. The summed E-state index contributed by atoms with van der Waals surface area (Å²) >= 11 is 0. The van der Waals surface area contributed by atoms with Gasteiger partial charge >= 0.3 is 29.0 Å². The van der Waals surface area contributed by atoms with Gasteiger partial charge in [-0.25, -0.2) is 0 Å². The van der Waals surface area contributed by atoms with E-state index in [0.29, 0.717) is 40.7 Å². The summed E-state index contributed by atoms with van der Waals surface area (Å²) in [5.41, 5.74) is 3.48. The van der Waals surface area contributed by atoms with Crippen LogP contribution in [0.5, 0.6) is 11.5 Å². The molecule has 0 fully saturated rings. The summed E-state index contributed by atoms with van der Waals surface area (Å²) in [6.45, 7) is 2.20. The number of carboxylic acid groups (broad SMARTS) is 2. The molecule has 2 rings (SSSR count). The first-order valence-electron chi connectivity index (χ1n) is 12.5. The molecule has 12 heteroatoms. The molecule has 0 aromatic heterocycles. The van der Waals surface area contributed by atoms with Crippen LogP contribution in [-0.4, -0.2) is 89.8 Å². The Balaban J connectivity index is 0.00000760. The fraction of sp³-hybridized carbons (Fsp3) is 0.481. The van der Waals surface area contributed by atoms with E-state index in [0.717, 1.165) is 5.56 Å². The van der Waals surface area contributed by atoms with Crippen LogP contribution in [-0.2, 0) is 65.8 Å². The van der Waals surface area contributed by atoms with Gasteiger partial charge in [-0.2, -0.15) is 0 Å². The molecule has 11 nitrogen and oxygen atoms in total. The Morgan fingerprint density at radius 2 is 1.51 bits per heavy atom. The SMILES string of the molecule is CCc1cc(CO)cc(O)c1CN(CCN(Cc1c(O)ccc(CO)c1CC)C(CO)C(=O)O)CC(=O)O.[Fe+2]. The topological polar surface area (TPSA) is 182 Å². The molecule has 1 unspecified atom stereocenters. The van der Waals surface area contributed by atoms with E-state index >= 15 is 0 Å². The molecular weight excluding hydrogens is 552 g/mol. The second-order valence-corrected chi connectivity index (χ2v) is 9.09. The van der Waals surface area contributed by atoms with Crippen molar-refractivity contribution in [1.29, 1.82) is 0 Å². The molecule has 0 saturated carbocycles. The van der Waals surface area contributed by atoms with Crippen molar-refractivity contribution in [2.45, 2.75) is 59.0 Å². The summed E-state index contributed by atoms with van der Waals surface area (Å²) in [5.74, 6) is -2.54. The van der Waals surface area contributed by atoms with Crippen LogP contribution in [0.4, 0.5) is 0 Å². The van der Waals surface area contributed by atoms with Crippen LogP contribution in [0.15, 0.2) is 24.3 Å². The monoisotopic (exact) mass is 590 g/mol. The number of rotatable bonds is 16. The Morgan fingerprint density at radius 1 is 0.821 bits per heavy atom. The number of aliphatic hydroxyl groups excluding tert-OH is 3. The summed E-state index contributed by atoms with van der Waals surface area (Å²) in [7, 11) is 0. The maximum Gasteiger partial charge on any atom is 2.00 e. The van der Waals surface area contributed by atoms with Gasteiger partial charge in [0.2, 0.25) is 0 Å². The van der Waals surface area contributed by atoms with E-state index in [1.807, 2.05) is 13.8 Å². The summed E-state index contributed by atoms with van der Waals surface area (Å²) in [4.78, 5) is 26.6. The van der Waals surface area contributed by atoms with Crippen molar-refractivity contribution < 1.29 is 62.4 Å². The van der Waals surface area contributed by atoms with Gasteiger partial charge in [0.25, 0.3) is 0 Å². The number of aliphatic carboxylic acids is 2. The molecule has 2 aromatic rings. The molecular formula is C27H38FeN2O9+2. The summed E-state index contributed by atoms with van der Waals surface area (Å²) < 4.78 is 0. The van der Waals surface area contributed by atoms with E-state index in [9.17, 15) is 45.3 Å². The number of hydrogen-bond acceptors (Lipinski definition) is 9. The van der Waals surface area contributed by atoms with Gasteiger partial charge in [0, 0.05) is 37.3 Å². The van der Waals surface area contributed by atoms with Crippen LogP contribution in [0, 0.1) is 0 Å². The molecule has 0 bridgehead atoms. The smallest absolute Gasteiger partial charge is 0.508 e. The van der Waals surface area contributed by atoms with Crippen molar-refractivity contribution in [1.82, 2.24) is 9.80 Å². The van der Waals surface area contributed by atoms with E-state index < -0.39 is 24.6 Å². The van der Waals surface area contributed by atoms with Crippen LogP contribution < -0.4 is 0 Å². The minimum absolute atomic E-state index is 0. The average molecular weight is 590 g/mol. The first-order chi connectivity index (χ1) is 18.1. The van der Waals surface area contributed by atoms with Crippen molar-refractivity contribution >= 4 is 11.9 Å². The van der Waals surface area contributed by atoms with Gasteiger partial charge in [-0.05, 0) is 47.2 Å². The Kier molecular flexibility index (Phi) is 14.4. The van der Waals surface area contributed by atoms with E-state index in [4.69, 9.17) is 0 Å². The number of carbonyl (C=O) groups is 2. The third kappa shape index (κ3) is 9.18. The molecule has 0 radical (unpaired) electrons. The number of benzene rings is 2. The van der Waals surface area contributed by atoms with Crippen molar-refractivity contribution in [2.24, 2.45) is 0 Å². The van der Waals surface area contributed by atoms with Crippen molar-refractivity contribution in [3.05, 3.63) is 57.6 Å². The van der Waals surface area contributed by atoms with Crippen molar-refractivity contribution in [3.8, 4) is 11.5 Å². The van der Waals surface area contributed by atoms with Crippen LogP contribution >= 0.6 is 0 Å². The predicted molar refractivity (Wildman–Crippen MR) is 139 cm³/mol. The van der Waals surface area contributed by atoms with Gasteiger partial charge in [0.05, 0.1) is 26.4 Å². The van der Waals surface area contributed by atoms with Gasteiger partial charge < -0.3 is 35.7 Å². The van der Waals surface area contributed by atoms with E-state index in [2.05, 4.69) is 0 Å². The fourth-order valence-electron chi connectivity index (χ4n) is 4.66. The van der Waals surface area contributed by atoms with E-state index in [-0.39, 0.29) is 74.5 Å². The zero-order valence-electron chi connectivity index (χ0n) is 22.2. The molecule has 0 aliphatic carbocycles. The Hall–Kier alpha value is -2.70. The number of aryl methyl sites for hydroxylation is 1. The van der Waals surface area contributed by atoms with Gasteiger partial charge in [-0.15, -0.1) is 0 Å². The molecule has 39 heavy (non-hydrogen) atoms. The standard InChI is InChI=1S/C27H38N2O9.Fe/c1-3-18-9-17(14-30)10-25(34)21(18)11-28(13-26(35)36)7-8-29(23(16-32)27(37)38)12-22-20(4-2)19(15-31)5-6-24(22)33;/h5-6,9-10,23,30-34H,3-4,7-8,11-16H2,1-2H3,(H,35,36)(H,37,38);/q;+2.